The fourth-order valence-electron chi connectivity index (χ4n) is 3.00. The van der Waals surface area contributed by atoms with E-state index in [1.807, 2.05) is 0 Å². The zero-order valence-electron chi connectivity index (χ0n) is 8.59. The Morgan fingerprint density at radius 3 is 2.85 bits per heavy atom. The maximum Gasteiger partial charge on any atom is 0.0474 e. The molecule has 3 atom stereocenters. The van der Waals surface area contributed by atoms with Gasteiger partial charge in [0.2, 0.25) is 0 Å². The predicted molar refractivity (Wildman–Crippen MR) is 53.7 cm³/mol. The van der Waals surface area contributed by atoms with Crippen molar-refractivity contribution < 1.29 is 4.74 Å². The van der Waals surface area contributed by atoms with Gasteiger partial charge in [-0.15, -0.1) is 0 Å². The van der Waals surface area contributed by atoms with Crippen LogP contribution >= 0.6 is 0 Å². The first-order valence-electron chi connectivity index (χ1n) is 5.62. The SMILES string of the molecule is COCCCN[C@@H]1C[C@@H]2CC[C@H]1C2. The molecule has 2 aliphatic carbocycles. The van der Waals surface area contributed by atoms with Gasteiger partial charge in [0.1, 0.15) is 0 Å². The Bertz CT molecular complexity index is 160. The number of rotatable bonds is 5. The molecule has 2 heteroatoms. The van der Waals surface area contributed by atoms with Crippen molar-refractivity contribution >= 4 is 0 Å². The van der Waals surface area contributed by atoms with Gasteiger partial charge in [-0.2, -0.15) is 0 Å². The first-order valence-corrected chi connectivity index (χ1v) is 5.62. The van der Waals surface area contributed by atoms with Crippen molar-refractivity contribution in [2.24, 2.45) is 11.8 Å². The second-order valence-electron chi connectivity index (χ2n) is 4.58. The van der Waals surface area contributed by atoms with Crippen LogP contribution in [0.4, 0.5) is 0 Å². The number of hydrogen-bond acceptors (Lipinski definition) is 2. The van der Waals surface area contributed by atoms with E-state index in [1.54, 1.807) is 7.11 Å². The van der Waals surface area contributed by atoms with Crippen LogP contribution in [0, 0.1) is 11.8 Å². The molecule has 76 valence electrons. The topological polar surface area (TPSA) is 21.3 Å². The van der Waals surface area contributed by atoms with Gasteiger partial charge in [-0.25, -0.2) is 0 Å². The molecule has 2 bridgehead atoms. The molecule has 0 aromatic carbocycles. The molecule has 2 rings (SSSR count). The van der Waals surface area contributed by atoms with Gasteiger partial charge in [0.05, 0.1) is 0 Å². The van der Waals surface area contributed by atoms with Gasteiger partial charge in [0.25, 0.3) is 0 Å². The van der Waals surface area contributed by atoms with Crippen LogP contribution in [0.5, 0.6) is 0 Å². The third-order valence-corrected chi connectivity index (χ3v) is 3.67. The number of methoxy groups -OCH3 is 1. The van der Waals surface area contributed by atoms with Crippen LogP contribution in [0.25, 0.3) is 0 Å². The quantitative estimate of drug-likeness (QED) is 0.656. The molecule has 0 unspecified atom stereocenters. The third-order valence-electron chi connectivity index (χ3n) is 3.67. The highest BCUT2D eigenvalue weighted by atomic mass is 16.5. The van der Waals surface area contributed by atoms with Gasteiger partial charge in [-0.3, -0.25) is 0 Å². The van der Waals surface area contributed by atoms with E-state index in [4.69, 9.17) is 4.74 Å². The number of hydrogen-bond donors (Lipinski definition) is 1. The Balaban J connectivity index is 1.60. The van der Waals surface area contributed by atoms with Crippen molar-refractivity contribution in [2.45, 2.75) is 38.1 Å². The minimum atomic E-state index is 0.843. The molecule has 0 heterocycles. The monoisotopic (exact) mass is 183 g/mol. The Morgan fingerprint density at radius 2 is 2.23 bits per heavy atom. The molecule has 2 saturated carbocycles. The minimum Gasteiger partial charge on any atom is -0.385 e. The van der Waals surface area contributed by atoms with Gasteiger partial charge in [0.15, 0.2) is 0 Å². The molecule has 2 nitrogen and oxygen atoms in total. The van der Waals surface area contributed by atoms with Crippen LogP contribution in [0.2, 0.25) is 0 Å². The van der Waals surface area contributed by atoms with Crippen LogP contribution in [0.15, 0.2) is 0 Å². The molecular formula is C11H21NO. The Labute approximate surface area is 81.0 Å². The van der Waals surface area contributed by atoms with Crippen LogP contribution in [0.1, 0.15) is 32.1 Å². The fourth-order valence-corrected chi connectivity index (χ4v) is 3.00. The second kappa shape index (κ2) is 4.43. The average Bonchev–Trinajstić information content (AvgIpc) is 2.73. The standard InChI is InChI=1S/C11H21NO/c1-13-6-2-5-12-11-8-9-3-4-10(11)7-9/h9-12H,2-8H2,1H3/t9-,10+,11-/m1/s1. The van der Waals surface area contributed by atoms with Gasteiger partial charge in [-0.05, 0) is 44.1 Å². The van der Waals surface area contributed by atoms with Crippen molar-refractivity contribution in [3.05, 3.63) is 0 Å². The lowest BCUT2D eigenvalue weighted by Gasteiger charge is -2.22. The van der Waals surface area contributed by atoms with E-state index in [0.29, 0.717) is 0 Å². The fraction of sp³-hybridized carbons (Fsp3) is 1.00. The molecule has 0 spiro atoms. The predicted octanol–water partition coefficient (Wildman–Crippen LogP) is 1.80. The Morgan fingerprint density at radius 1 is 1.31 bits per heavy atom. The van der Waals surface area contributed by atoms with Crippen molar-refractivity contribution in [3.8, 4) is 0 Å². The number of nitrogens with one attached hydrogen (secondary N) is 1. The lowest BCUT2D eigenvalue weighted by Crippen LogP contribution is -2.34. The van der Waals surface area contributed by atoms with E-state index in [-0.39, 0.29) is 0 Å². The maximum absolute atomic E-state index is 5.03. The number of ether oxygens (including phenoxy) is 1. The van der Waals surface area contributed by atoms with Gasteiger partial charge in [0, 0.05) is 19.8 Å². The highest BCUT2D eigenvalue weighted by Crippen LogP contribution is 2.44. The van der Waals surface area contributed by atoms with Crippen molar-refractivity contribution in [1.82, 2.24) is 5.32 Å². The molecule has 13 heavy (non-hydrogen) atoms. The van der Waals surface area contributed by atoms with Gasteiger partial charge in [-0.1, -0.05) is 6.42 Å². The smallest absolute Gasteiger partial charge is 0.0474 e. The minimum absolute atomic E-state index is 0.843. The molecular weight excluding hydrogens is 162 g/mol. The van der Waals surface area contributed by atoms with Crippen LogP contribution in [-0.2, 0) is 4.74 Å². The Hall–Kier alpha value is -0.0800. The van der Waals surface area contributed by atoms with E-state index in [1.165, 1.54) is 25.7 Å². The summed E-state index contributed by atoms with van der Waals surface area (Å²) in [4.78, 5) is 0. The van der Waals surface area contributed by atoms with Crippen molar-refractivity contribution in [2.75, 3.05) is 20.3 Å². The molecule has 0 aromatic rings. The average molecular weight is 183 g/mol. The van der Waals surface area contributed by atoms with E-state index in [9.17, 15) is 0 Å². The summed E-state index contributed by atoms with van der Waals surface area (Å²) in [6, 6.07) is 0.843. The summed E-state index contributed by atoms with van der Waals surface area (Å²) in [6.45, 7) is 2.04. The largest absolute Gasteiger partial charge is 0.385 e. The summed E-state index contributed by atoms with van der Waals surface area (Å²) in [7, 11) is 1.78. The van der Waals surface area contributed by atoms with Crippen LogP contribution in [-0.4, -0.2) is 26.3 Å². The molecule has 0 radical (unpaired) electrons. The molecule has 0 aliphatic heterocycles. The number of fused-ring (bicyclic) bond motifs is 2. The molecule has 2 fully saturated rings. The zero-order chi connectivity index (χ0) is 9.10. The maximum atomic E-state index is 5.03. The summed E-state index contributed by atoms with van der Waals surface area (Å²) in [5.41, 5.74) is 0. The zero-order valence-corrected chi connectivity index (χ0v) is 8.59. The first-order chi connectivity index (χ1) is 6.40. The van der Waals surface area contributed by atoms with Crippen LogP contribution < -0.4 is 5.32 Å². The summed E-state index contributed by atoms with van der Waals surface area (Å²) >= 11 is 0. The van der Waals surface area contributed by atoms with Gasteiger partial charge >= 0.3 is 0 Å². The summed E-state index contributed by atoms with van der Waals surface area (Å²) in [6.07, 6.45) is 7.08. The summed E-state index contributed by atoms with van der Waals surface area (Å²) in [5, 5.41) is 3.67. The van der Waals surface area contributed by atoms with E-state index >= 15 is 0 Å². The van der Waals surface area contributed by atoms with Crippen molar-refractivity contribution in [3.63, 3.8) is 0 Å². The molecule has 0 amide bonds. The second-order valence-corrected chi connectivity index (χ2v) is 4.58. The highest BCUT2D eigenvalue weighted by molar-refractivity contribution is 4.93. The van der Waals surface area contributed by atoms with Crippen LogP contribution in [0.3, 0.4) is 0 Å². The molecule has 2 aliphatic rings. The lowest BCUT2D eigenvalue weighted by atomic mass is 9.95. The first kappa shape index (κ1) is 9.47. The van der Waals surface area contributed by atoms with Gasteiger partial charge < -0.3 is 10.1 Å². The Kier molecular flexibility index (Phi) is 3.23. The van der Waals surface area contributed by atoms with Crippen molar-refractivity contribution in [1.29, 1.82) is 0 Å². The third kappa shape index (κ3) is 2.23. The summed E-state index contributed by atoms with van der Waals surface area (Å²) in [5.74, 6) is 2.07. The molecule has 0 aromatic heterocycles. The van der Waals surface area contributed by atoms with E-state index in [2.05, 4.69) is 5.32 Å². The lowest BCUT2D eigenvalue weighted by molar-refractivity contribution is 0.191. The highest BCUT2D eigenvalue weighted by Gasteiger charge is 2.38. The molecule has 0 saturated heterocycles. The summed E-state index contributed by atoms with van der Waals surface area (Å²) < 4.78 is 5.03. The molecule has 1 N–H and O–H groups in total. The van der Waals surface area contributed by atoms with E-state index < -0.39 is 0 Å². The normalized spacial score (nSPS) is 37.2. The van der Waals surface area contributed by atoms with E-state index in [0.717, 1.165) is 37.5 Å².